The first-order valence-electron chi connectivity index (χ1n) is 11.0. The number of para-hydroxylation sites is 1. The maximum absolute atomic E-state index is 13.3. The minimum atomic E-state index is -0.195. The molecular formula is C25H31N3O2. The number of amides is 2. The van der Waals surface area contributed by atoms with Crippen LogP contribution in [-0.2, 0) is 17.6 Å². The van der Waals surface area contributed by atoms with Crippen LogP contribution in [0.2, 0.25) is 0 Å². The van der Waals surface area contributed by atoms with Crippen molar-refractivity contribution in [3.8, 4) is 0 Å². The van der Waals surface area contributed by atoms with Crippen LogP contribution >= 0.6 is 0 Å². The van der Waals surface area contributed by atoms with Crippen molar-refractivity contribution in [2.75, 3.05) is 31.1 Å². The van der Waals surface area contributed by atoms with Crippen molar-refractivity contribution in [1.29, 1.82) is 0 Å². The Morgan fingerprint density at radius 2 is 1.67 bits per heavy atom. The van der Waals surface area contributed by atoms with Crippen LogP contribution in [0.15, 0.2) is 48.5 Å². The Morgan fingerprint density at radius 3 is 2.33 bits per heavy atom. The molecule has 4 rings (SSSR count). The molecule has 5 nitrogen and oxygen atoms in total. The second kappa shape index (κ2) is 8.60. The lowest BCUT2D eigenvalue weighted by molar-refractivity contribution is -0.124. The van der Waals surface area contributed by atoms with Gasteiger partial charge in [-0.25, -0.2) is 0 Å². The third-order valence-corrected chi connectivity index (χ3v) is 6.56. The summed E-state index contributed by atoms with van der Waals surface area (Å²) in [6, 6.07) is 16.1. The van der Waals surface area contributed by atoms with Gasteiger partial charge in [0, 0.05) is 43.5 Å². The van der Waals surface area contributed by atoms with E-state index in [9.17, 15) is 9.59 Å². The SMILES string of the molecule is CCc1ccc(C(=O)N2CCN(C(C)C(=O)N3c4ccccc4CC3C)CC2)cc1. The normalized spacial score (nSPS) is 20.2. The van der Waals surface area contributed by atoms with Crippen molar-refractivity contribution in [3.63, 3.8) is 0 Å². The average Bonchev–Trinajstić information content (AvgIpc) is 3.13. The molecule has 2 atom stereocenters. The van der Waals surface area contributed by atoms with Crippen LogP contribution in [0, 0.1) is 0 Å². The molecule has 2 heterocycles. The predicted octanol–water partition coefficient (Wildman–Crippen LogP) is 3.37. The molecule has 0 N–H and O–H groups in total. The van der Waals surface area contributed by atoms with Crippen molar-refractivity contribution in [2.24, 2.45) is 0 Å². The van der Waals surface area contributed by atoms with Gasteiger partial charge in [0.05, 0.1) is 6.04 Å². The second-order valence-electron chi connectivity index (χ2n) is 8.44. The molecule has 0 spiro atoms. The molecule has 1 fully saturated rings. The lowest BCUT2D eigenvalue weighted by Gasteiger charge is -2.39. The molecular weight excluding hydrogens is 374 g/mol. The van der Waals surface area contributed by atoms with Crippen molar-refractivity contribution < 1.29 is 9.59 Å². The number of aryl methyl sites for hydroxylation is 1. The fourth-order valence-corrected chi connectivity index (χ4v) is 4.64. The highest BCUT2D eigenvalue weighted by atomic mass is 16.2. The first kappa shape index (κ1) is 20.6. The number of carbonyl (C=O) groups is 2. The molecule has 2 aromatic rings. The summed E-state index contributed by atoms with van der Waals surface area (Å²) in [5.74, 6) is 0.237. The van der Waals surface area contributed by atoms with E-state index >= 15 is 0 Å². The lowest BCUT2D eigenvalue weighted by Crippen LogP contribution is -2.56. The maximum atomic E-state index is 13.3. The minimum Gasteiger partial charge on any atom is -0.336 e. The van der Waals surface area contributed by atoms with E-state index in [1.54, 1.807) is 0 Å². The number of piperazine rings is 1. The lowest BCUT2D eigenvalue weighted by atomic mass is 10.1. The highest BCUT2D eigenvalue weighted by Gasteiger charge is 2.36. The average molecular weight is 406 g/mol. The second-order valence-corrected chi connectivity index (χ2v) is 8.44. The van der Waals surface area contributed by atoms with Crippen LogP contribution < -0.4 is 4.90 Å². The molecule has 158 valence electrons. The monoisotopic (exact) mass is 405 g/mol. The van der Waals surface area contributed by atoms with Crippen molar-refractivity contribution in [3.05, 3.63) is 65.2 Å². The zero-order valence-electron chi connectivity index (χ0n) is 18.2. The Morgan fingerprint density at radius 1 is 1.00 bits per heavy atom. The van der Waals surface area contributed by atoms with Crippen molar-refractivity contribution >= 4 is 17.5 Å². The number of rotatable bonds is 4. The smallest absolute Gasteiger partial charge is 0.253 e. The van der Waals surface area contributed by atoms with E-state index in [0.29, 0.717) is 13.1 Å². The number of carbonyl (C=O) groups excluding carboxylic acids is 2. The van der Waals surface area contributed by atoms with Gasteiger partial charge in [0.1, 0.15) is 0 Å². The Bertz CT molecular complexity index is 916. The predicted molar refractivity (Wildman–Crippen MR) is 120 cm³/mol. The number of anilines is 1. The fraction of sp³-hybridized carbons (Fsp3) is 0.440. The summed E-state index contributed by atoms with van der Waals surface area (Å²) >= 11 is 0. The van der Waals surface area contributed by atoms with Crippen LogP contribution in [0.1, 0.15) is 42.3 Å². The summed E-state index contributed by atoms with van der Waals surface area (Å²) in [6.45, 7) is 8.96. The maximum Gasteiger partial charge on any atom is 0.253 e. The summed E-state index contributed by atoms with van der Waals surface area (Å²) in [4.78, 5) is 32.2. The molecule has 30 heavy (non-hydrogen) atoms. The zero-order chi connectivity index (χ0) is 21.3. The first-order chi connectivity index (χ1) is 14.5. The Hall–Kier alpha value is -2.66. The van der Waals surface area contributed by atoms with Gasteiger partial charge in [-0.3, -0.25) is 14.5 Å². The summed E-state index contributed by atoms with van der Waals surface area (Å²) in [6.07, 6.45) is 1.88. The number of nitrogens with zero attached hydrogens (tertiary/aromatic N) is 3. The van der Waals surface area contributed by atoms with E-state index in [1.165, 1.54) is 11.1 Å². The summed E-state index contributed by atoms with van der Waals surface area (Å²) in [7, 11) is 0. The molecule has 2 amide bonds. The van der Waals surface area contributed by atoms with Gasteiger partial charge in [-0.2, -0.15) is 0 Å². The third kappa shape index (κ3) is 3.86. The van der Waals surface area contributed by atoms with E-state index in [-0.39, 0.29) is 23.9 Å². The van der Waals surface area contributed by atoms with Gasteiger partial charge in [-0.05, 0) is 56.0 Å². The molecule has 0 bridgehead atoms. The standard InChI is InChI=1S/C25H31N3O2/c1-4-20-9-11-21(12-10-20)25(30)27-15-13-26(14-16-27)19(3)24(29)28-18(2)17-22-7-5-6-8-23(22)28/h5-12,18-19H,4,13-17H2,1-3H3. The highest BCUT2D eigenvalue weighted by molar-refractivity contribution is 5.99. The van der Waals surface area contributed by atoms with E-state index in [4.69, 9.17) is 0 Å². The van der Waals surface area contributed by atoms with Gasteiger partial charge < -0.3 is 9.80 Å². The molecule has 0 saturated carbocycles. The molecule has 0 radical (unpaired) electrons. The van der Waals surface area contributed by atoms with Gasteiger partial charge in [0.2, 0.25) is 5.91 Å². The Labute approximate surface area is 179 Å². The number of benzene rings is 2. The summed E-state index contributed by atoms with van der Waals surface area (Å²) < 4.78 is 0. The summed E-state index contributed by atoms with van der Waals surface area (Å²) in [5.41, 5.74) is 4.27. The number of fused-ring (bicyclic) bond motifs is 1. The quantitative estimate of drug-likeness (QED) is 0.783. The molecule has 5 heteroatoms. The number of hydrogen-bond acceptors (Lipinski definition) is 3. The van der Waals surface area contributed by atoms with Gasteiger partial charge in [-0.1, -0.05) is 37.3 Å². The van der Waals surface area contributed by atoms with E-state index in [2.05, 4.69) is 24.8 Å². The topological polar surface area (TPSA) is 43.9 Å². The molecule has 2 aliphatic rings. The van der Waals surface area contributed by atoms with Crippen molar-refractivity contribution in [1.82, 2.24) is 9.80 Å². The number of hydrogen-bond donors (Lipinski definition) is 0. The van der Waals surface area contributed by atoms with Crippen molar-refractivity contribution in [2.45, 2.75) is 45.7 Å². The van der Waals surface area contributed by atoms with Gasteiger partial charge in [0.25, 0.3) is 5.91 Å². The fourth-order valence-electron chi connectivity index (χ4n) is 4.64. The van der Waals surface area contributed by atoms with E-state index in [0.717, 1.165) is 37.2 Å². The van der Waals surface area contributed by atoms with E-state index in [1.807, 2.05) is 59.2 Å². The van der Waals surface area contributed by atoms with Gasteiger partial charge >= 0.3 is 0 Å². The minimum absolute atomic E-state index is 0.0818. The van der Waals surface area contributed by atoms with Gasteiger partial charge in [0.15, 0.2) is 0 Å². The van der Waals surface area contributed by atoms with Gasteiger partial charge in [-0.15, -0.1) is 0 Å². The molecule has 0 aromatic heterocycles. The Balaban J connectivity index is 1.38. The molecule has 0 aliphatic carbocycles. The van der Waals surface area contributed by atoms with Crippen LogP contribution in [0.4, 0.5) is 5.69 Å². The van der Waals surface area contributed by atoms with Crippen LogP contribution in [-0.4, -0.2) is 59.9 Å². The highest BCUT2D eigenvalue weighted by Crippen LogP contribution is 2.32. The molecule has 1 saturated heterocycles. The molecule has 2 aromatic carbocycles. The molecule has 2 unspecified atom stereocenters. The third-order valence-electron chi connectivity index (χ3n) is 6.56. The Kier molecular flexibility index (Phi) is 5.91. The van der Waals surface area contributed by atoms with Crippen LogP contribution in [0.3, 0.4) is 0 Å². The van der Waals surface area contributed by atoms with E-state index < -0.39 is 0 Å². The van der Waals surface area contributed by atoms with Crippen LogP contribution in [0.25, 0.3) is 0 Å². The largest absolute Gasteiger partial charge is 0.336 e. The first-order valence-corrected chi connectivity index (χ1v) is 11.0. The molecule has 2 aliphatic heterocycles. The zero-order valence-corrected chi connectivity index (χ0v) is 18.2. The van der Waals surface area contributed by atoms with Crippen LogP contribution in [0.5, 0.6) is 0 Å². The summed E-state index contributed by atoms with van der Waals surface area (Å²) in [5, 5.41) is 0.